The van der Waals surface area contributed by atoms with Crippen LogP contribution in [0.3, 0.4) is 0 Å². The van der Waals surface area contributed by atoms with Gasteiger partial charge in [-0.25, -0.2) is 0 Å². The average Bonchev–Trinajstić information content (AvgIpc) is 2.92. The van der Waals surface area contributed by atoms with Gasteiger partial charge in [0.25, 0.3) is 0 Å². The molecule has 0 aliphatic carbocycles. The predicted octanol–water partition coefficient (Wildman–Crippen LogP) is 3.70. The molecular weight excluding hydrogens is 640 g/mol. The van der Waals surface area contributed by atoms with Gasteiger partial charge in [-0.2, -0.15) is 0 Å². The molecule has 0 bridgehead atoms. The molecule has 0 aliphatic rings. The summed E-state index contributed by atoms with van der Waals surface area (Å²) in [6, 6.07) is 32.9. The van der Waals surface area contributed by atoms with Crippen molar-refractivity contribution in [3.8, 4) is 0 Å². The largest absolute Gasteiger partial charge is 4.00 e. The van der Waals surface area contributed by atoms with Crippen LogP contribution in [0.5, 0.6) is 0 Å². The fourth-order valence-corrected chi connectivity index (χ4v) is 3.64. The molecule has 0 aromatic heterocycles. The molecule has 0 amide bonds. The molecule has 37 heavy (non-hydrogen) atoms. The van der Waals surface area contributed by atoms with E-state index in [1.807, 2.05) is 0 Å². The zero-order valence-electron chi connectivity index (χ0n) is 18.9. The summed E-state index contributed by atoms with van der Waals surface area (Å²) in [4.78, 5) is 1.32. The van der Waals surface area contributed by atoms with Gasteiger partial charge in [0.2, 0.25) is 0 Å². The molecule has 0 radical (unpaired) electrons. The van der Waals surface area contributed by atoms with Crippen LogP contribution in [-0.4, -0.2) is 35.0 Å². The summed E-state index contributed by atoms with van der Waals surface area (Å²) in [6.45, 7) is 0. The second-order valence-electron chi connectivity index (χ2n) is 6.19. The van der Waals surface area contributed by atoms with E-state index in [9.17, 15) is 35.0 Å². The first kappa shape index (κ1) is 35.0. The molecule has 0 saturated carbocycles. The van der Waals surface area contributed by atoms with Crippen molar-refractivity contribution in [2.75, 3.05) is 0 Å². The Labute approximate surface area is 240 Å². The van der Waals surface area contributed by atoms with Crippen LogP contribution in [-0.2, 0) is 65.4 Å². The van der Waals surface area contributed by atoms with Gasteiger partial charge in [-0.05, 0) is 92.9 Å². The molecule has 0 spiro atoms. The van der Waals surface area contributed by atoms with Gasteiger partial charge in [0.1, 0.15) is 0 Å². The molecule has 0 N–H and O–H groups in total. The van der Waals surface area contributed by atoms with Crippen LogP contribution in [0.15, 0.2) is 141 Å². The van der Waals surface area contributed by atoms with Crippen molar-refractivity contribution in [3.05, 3.63) is 121 Å². The summed E-state index contributed by atoms with van der Waals surface area (Å²) in [5, 5.41) is 0. The van der Waals surface area contributed by atoms with E-state index in [0.717, 1.165) is 0 Å². The summed E-state index contributed by atoms with van der Waals surface area (Å²) < 4.78 is 81.6. The Kier molecular flexibility index (Phi) is 19.9. The number of hydrogen-bond donors (Lipinski definition) is 0. The Bertz CT molecular complexity index is 1030. The molecule has 8 nitrogen and oxygen atoms in total. The van der Waals surface area contributed by atoms with E-state index in [1.165, 1.54) is 0 Å². The zero-order valence-corrected chi connectivity index (χ0v) is 24.1. The smallest absolute Gasteiger partial charge is 0.768 e. The topological polar surface area (TPSA) is 161 Å². The van der Waals surface area contributed by atoms with Crippen LogP contribution in [0.4, 0.5) is 0 Å². The number of rotatable bonds is 4. The summed E-state index contributed by atoms with van der Waals surface area (Å²) in [5.74, 6) is 0. The van der Waals surface area contributed by atoms with E-state index in [-0.39, 0.29) is 21.1 Å². The van der Waals surface area contributed by atoms with Crippen LogP contribution < -0.4 is 0 Å². The fourth-order valence-electron chi connectivity index (χ4n) is 2.13. The van der Waals surface area contributed by atoms with Crippen LogP contribution in [0, 0.1) is 0 Å². The maximum absolute atomic E-state index is 10.2. The molecule has 0 aliphatic heterocycles. The maximum atomic E-state index is 10.2. The van der Waals surface area contributed by atoms with Gasteiger partial charge in [-0.1, -0.05) is 72.8 Å². The molecule has 4 rings (SSSR count). The normalized spacial score (nSPS) is 12.6. The maximum Gasteiger partial charge on any atom is 4.00 e. The number of hydrogen-bond acceptors (Lipinski definition) is 8. The van der Waals surface area contributed by atoms with Crippen LogP contribution in [0.1, 0.15) is 0 Å². The monoisotopic (exact) mass is 662 g/mol. The molecule has 4 aromatic carbocycles. The van der Waals surface area contributed by atoms with Crippen molar-refractivity contribution >= 4 is 44.3 Å². The van der Waals surface area contributed by atoms with E-state index in [0.29, 0.717) is 19.6 Å². The molecule has 0 heterocycles. The SMILES string of the molecule is O=S([O-])c1ccccc1.O=S([O-])c1ccccc1.O=S([O-])c1ccccc1.O=S([O-])c1ccccc1.[Mo+4]. The van der Waals surface area contributed by atoms with E-state index in [4.69, 9.17) is 0 Å². The Morgan fingerprint density at radius 1 is 0.324 bits per heavy atom. The molecular formula is C24H20MoO8S4. The molecule has 4 unspecified atom stereocenters. The van der Waals surface area contributed by atoms with Crippen molar-refractivity contribution in [2.45, 2.75) is 19.6 Å². The van der Waals surface area contributed by atoms with Crippen LogP contribution in [0.25, 0.3) is 0 Å². The molecule has 194 valence electrons. The second kappa shape index (κ2) is 21.0. The standard InChI is InChI=1S/4C6H6O2S.Mo/c4*7-9(8)6-4-2-1-3-5-6;/h4*1-5H,(H,7,8);/q;;;;+4/p-4. The van der Waals surface area contributed by atoms with Crippen molar-refractivity contribution < 1.29 is 56.1 Å². The Balaban J connectivity index is 0.000000463. The van der Waals surface area contributed by atoms with Crippen molar-refractivity contribution in [1.29, 1.82) is 0 Å². The minimum absolute atomic E-state index is 0. The van der Waals surface area contributed by atoms with Crippen molar-refractivity contribution in [1.82, 2.24) is 0 Å². The first-order valence-electron chi connectivity index (χ1n) is 9.79. The van der Waals surface area contributed by atoms with Crippen LogP contribution in [0.2, 0.25) is 0 Å². The fraction of sp³-hybridized carbons (Fsp3) is 0. The van der Waals surface area contributed by atoms with Gasteiger partial charge >= 0.3 is 21.1 Å². The zero-order chi connectivity index (χ0) is 26.8. The third-order valence-electron chi connectivity index (χ3n) is 3.74. The van der Waals surface area contributed by atoms with Gasteiger partial charge in [0.15, 0.2) is 0 Å². The van der Waals surface area contributed by atoms with E-state index < -0.39 is 44.3 Å². The van der Waals surface area contributed by atoms with Crippen molar-refractivity contribution in [2.24, 2.45) is 0 Å². The minimum atomic E-state index is -2.08. The second-order valence-corrected chi connectivity index (χ2v) is 9.95. The Hall–Kier alpha value is -1.99. The first-order valence-corrected chi connectivity index (χ1v) is 14.1. The molecule has 13 heteroatoms. The first-order chi connectivity index (χ1) is 17.2. The van der Waals surface area contributed by atoms with Crippen LogP contribution >= 0.6 is 0 Å². The third-order valence-corrected chi connectivity index (χ3v) is 6.37. The summed E-state index contributed by atoms with van der Waals surface area (Å²) >= 11 is -8.32. The molecule has 4 aromatic rings. The van der Waals surface area contributed by atoms with Crippen molar-refractivity contribution in [3.63, 3.8) is 0 Å². The third kappa shape index (κ3) is 16.5. The number of benzene rings is 4. The Morgan fingerprint density at radius 3 is 0.541 bits per heavy atom. The van der Waals surface area contributed by atoms with Gasteiger partial charge < -0.3 is 18.2 Å². The Morgan fingerprint density at radius 2 is 0.459 bits per heavy atom. The van der Waals surface area contributed by atoms with E-state index >= 15 is 0 Å². The molecule has 0 fully saturated rings. The summed E-state index contributed by atoms with van der Waals surface area (Å²) in [6.07, 6.45) is 0. The summed E-state index contributed by atoms with van der Waals surface area (Å²) in [7, 11) is 0. The average molecular weight is 661 g/mol. The quantitative estimate of drug-likeness (QED) is 0.237. The minimum Gasteiger partial charge on any atom is -0.768 e. The van der Waals surface area contributed by atoms with Gasteiger partial charge in [0, 0.05) is 19.6 Å². The molecule has 0 saturated heterocycles. The van der Waals surface area contributed by atoms with Gasteiger partial charge in [-0.15, -0.1) is 0 Å². The van der Waals surface area contributed by atoms with E-state index in [2.05, 4.69) is 0 Å². The predicted molar refractivity (Wildman–Crippen MR) is 135 cm³/mol. The van der Waals surface area contributed by atoms with E-state index in [1.54, 1.807) is 121 Å². The molecule has 4 atom stereocenters. The summed E-state index contributed by atoms with van der Waals surface area (Å²) in [5.41, 5.74) is 0. The van der Waals surface area contributed by atoms with Gasteiger partial charge in [-0.3, -0.25) is 16.8 Å². The van der Waals surface area contributed by atoms with Gasteiger partial charge in [0.05, 0.1) is 0 Å².